The molecule has 21 heavy (non-hydrogen) atoms. The second-order valence-electron chi connectivity index (χ2n) is 4.69. The Morgan fingerprint density at radius 1 is 1.14 bits per heavy atom. The number of aryl methyl sites for hydroxylation is 2. The Labute approximate surface area is 129 Å². The summed E-state index contributed by atoms with van der Waals surface area (Å²) < 4.78 is 0. The summed E-state index contributed by atoms with van der Waals surface area (Å²) in [6.07, 6.45) is 0.609. The van der Waals surface area contributed by atoms with E-state index in [2.05, 4.69) is 28.7 Å². The zero-order valence-electron chi connectivity index (χ0n) is 13.2. The van der Waals surface area contributed by atoms with Gasteiger partial charge in [0.1, 0.15) is 0 Å². The second-order valence-corrected chi connectivity index (χ2v) is 10.6. The second kappa shape index (κ2) is 8.25. The van der Waals surface area contributed by atoms with Crippen molar-refractivity contribution in [3.05, 3.63) is 17.5 Å². The molecule has 0 aliphatic rings. The van der Waals surface area contributed by atoms with Crippen LogP contribution in [-0.2, 0) is 16.5 Å². The minimum absolute atomic E-state index is 0.530. The number of hydrogen-bond acceptors (Lipinski definition) is 3. The lowest BCUT2D eigenvalue weighted by atomic mass is 10.3. The van der Waals surface area contributed by atoms with Gasteiger partial charge in [0.15, 0.2) is 0 Å². The van der Waals surface area contributed by atoms with E-state index in [1.54, 1.807) is 0 Å². The van der Waals surface area contributed by atoms with Crippen LogP contribution in [0.1, 0.15) is 32.2 Å². The van der Waals surface area contributed by atoms with Gasteiger partial charge in [-0.1, -0.05) is 6.92 Å². The van der Waals surface area contributed by atoms with Gasteiger partial charge in [0, 0.05) is 24.5 Å². The van der Waals surface area contributed by atoms with Crippen LogP contribution < -0.4 is 4.90 Å². The van der Waals surface area contributed by atoms with Gasteiger partial charge in [0.05, 0.1) is 0 Å². The van der Waals surface area contributed by atoms with Crippen molar-refractivity contribution in [3.63, 3.8) is 0 Å². The van der Waals surface area contributed by atoms with E-state index in [4.69, 9.17) is 0 Å². The summed E-state index contributed by atoms with van der Waals surface area (Å²) in [6, 6.07) is 1.91. The number of hydrogen-bond donors (Lipinski definition) is 3. The monoisotopic (exact) mass is 335 g/mol. The van der Waals surface area contributed by atoms with E-state index < -0.39 is 16.8 Å². The van der Waals surface area contributed by atoms with Crippen molar-refractivity contribution < 1.29 is 14.7 Å². The Hall–Kier alpha value is -0.460. The Balaban J connectivity index is 2.95. The highest BCUT2D eigenvalue weighted by molar-refractivity contribution is 8.27. The zero-order chi connectivity index (χ0) is 16.0. The van der Waals surface area contributed by atoms with E-state index in [1.807, 2.05) is 19.9 Å². The third kappa shape index (κ3) is 5.68. The molecule has 1 rings (SSSR count). The first kappa shape index (κ1) is 18.6. The first-order valence-electron chi connectivity index (χ1n) is 7.16. The van der Waals surface area contributed by atoms with Crippen LogP contribution in [0.4, 0.5) is 5.95 Å². The molecule has 0 spiro atoms. The van der Waals surface area contributed by atoms with E-state index in [-0.39, 0.29) is 0 Å². The summed E-state index contributed by atoms with van der Waals surface area (Å²) >= 11 is 0. The predicted molar refractivity (Wildman–Crippen MR) is 90.4 cm³/mol. The molecule has 1 aromatic rings. The van der Waals surface area contributed by atoms with Gasteiger partial charge in [-0.2, -0.15) is 0 Å². The number of aromatic nitrogens is 2. The molecule has 0 bridgehead atoms. The molecule has 0 aliphatic carbocycles. The molecule has 3 N–H and O–H groups in total. The maximum atomic E-state index is 9.42. The fraction of sp³-hybridized carbons (Fsp3) is 0.692. The lowest BCUT2D eigenvalue weighted by molar-refractivity contribution is 0.362. The standard InChI is InChI=1S/C13H26N3O3PS/c1-5-16(6-2)13-14-11(4)10-12(15-13)8-9-21(7-3)20(17,18)19/h10,17-19H,5-9H2,1-4H3. The van der Waals surface area contributed by atoms with Crippen molar-refractivity contribution in [2.45, 2.75) is 34.1 Å². The molecule has 0 saturated heterocycles. The van der Waals surface area contributed by atoms with Crippen molar-refractivity contribution in [1.29, 1.82) is 0 Å². The normalized spacial score (nSPS) is 13.3. The van der Waals surface area contributed by atoms with Crippen molar-refractivity contribution in [3.8, 4) is 0 Å². The summed E-state index contributed by atoms with van der Waals surface area (Å²) in [7, 11) is -0.773. The lowest BCUT2D eigenvalue weighted by Gasteiger charge is -2.20. The van der Waals surface area contributed by atoms with Crippen LogP contribution in [0.15, 0.2) is 6.07 Å². The Morgan fingerprint density at radius 2 is 1.76 bits per heavy atom. The van der Waals surface area contributed by atoms with E-state index in [9.17, 15) is 14.7 Å². The van der Waals surface area contributed by atoms with Crippen LogP contribution >= 0.6 is 6.72 Å². The van der Waals surface area contributed by atoms with Gasteiger partial charge in [-0.15, -0.1) is 10.1 Å². The molecule has 0 fully saturated rings. The predicted octanol–water partition coefficient (Wildman–Crippen LogP) is 1.47. The molecule has 0 aliphatic heterocycles. The molecule has 1 aromatic heterocycles. The number of nitrogens with zero attached hydrogens (tertiary/aromatic N) is 3. The van der Waals surface area contributed by atoms with Crippen LogP contribution in [0.2, 0.25) is 0 Å². The number of anilines is 1. The molecule has 122 valence electrons. The molecule has 0 aromatic carbocycles. The molecule has 0 amide bonds. The van der Waals surface area contributed by atoms with E-state index >= 15 is 0 Å². The highest BCUT2D eigenvalue weighted by Crippen LogP contribution is 2.36. The summed E-state index contributed by atoms with van der Waals surface area (Å²) in [4.78, 5) is 39.3. The maximum absolute atomic E-state index is 9.42. The van der Waals surface area contributed by atoms with Gasteiger partial charge in [0.25, 0.3) is 6.72 Å². The fourth-order valence-corrected chi connectivity index (χ4v) is 5.43. The summed E-state index contributed by atoms with van der Waals surface area (Å²) in [5.74, 6) is 1.80. The van der Waals surface area contributed by atoms with E-state index in [0.717, 1.165) is 24.5 Å². The molecule has 0 radical (unpaired) electrons. The minimum Gasteiger partial charge on any atom is -0.341 e. The molecule has 1 heterocycles. The van der Waals surface area contributed by atoms with Gasteiger partial charge in [0.2, 0.25) is 5.95 Å². The van der Waals surface area contributed by atoms with Gasteiger partial charge in [-0.05, 0) is 44.8 Å². The van der Waals surface area contributed by atoms with Gasteiger partial charge >= 0.3 is 0 Å². The highest BCUT2D eigenvalue weighted by Gasteiger charge is 2.13. The van der Waals surface area contributed by atoms with Crippen molar-refractivity contribution in [2.75, 3.05) is 29.5 Å². The topological polar surface area (TPSA) is 89.7 Å². The Kier molecular flexibility index (Phi) is 7.30. The van der Waals surface area contributed by atoms with Crippen LogP contribution in [0.25, 0.3) is 0 Å². The molecule has 1 unspecified atom stereocenters. The SMILES string of the molecule is CCN(CC)c1nc(C)cc(CCS(CC)=P(O)(O)O)n1. The van der Waals surface area contributed by atoms with Gasteiger partial charge in [-0.3, -0.25) is 0 Å². The van der Waals surface area contributed by atoms with Crippen molar-refractivity contribution >= 4 is 22.7 Å². The molecule has 6 nitrogen and oxygen atoms in total. The van der Waals surface area contributed by atoms with E-state index in [0.29, 0.717) is 23.9 Å². The molecular weight excluding hydrogens is 309 g/mol. The third-order valence-corrected chi connectivity index (χ3v) is 8.65. The first-order valence-corrected chi connectivity index (χ1v) is 11.0. The third-order valence-electron chi connectivity index (χ3n) is 3.22. The average Bonchev–Trinajstić information content (AvgIpc) is 2.38. The minimum atomic E-state index is -3.74. The summed E-state index contributed by atoms with van der Waals surface area (Å²) in [5.41, 5.74) is 1.78. The smallest absolute Gasteiger partial charge is 0.277 e. The van der Waals surface area contributed by atoms with Gasteiger partial charge in [-0.25, -0.2) is 9.97 Å². The maximum Gasteiger partial charge on any atom is 0.277 e. The van der Waals surface area contributed by atoms with Crippen LogP contribution in [0.3, 0.4) is 0 Å². The fourth-order valence-electron chi connectivity index (χ4n) is 2.06. The highest BCUT2D eigenvalue weighted by atomic mass is 32.5. The largest absolute Gasteiger partial charge is 0.341 e. The van der Waals surface area contributed by atoms with Crippen LogP contribution in [-0.4, -0.2) is 49.2 Å². The van der Waals surface area contributed by atoms with E-state index in [1.165, 1.54) is 0 Å². The summed E-state index contributed by atoms with van der Waals surface area (Å²) in [6.45, 7) is 5.85. The number of rotatable bonds is 7. The van der Waals surface area contributed by atoms with Gasteiger partial charge < -0.3 is 19.6 Å². The zero-order valence-corrected chi connectivity index (χ0v) is 14.9. The summed E-state index contributed by atoms with van der Waals surface area (Å²) in [5, 5.41) is 0. The van der Waals surface area contributed by atoms with Crippen LogP contribution in [0.5, 0.6) is 0 Å². The Bertz CT molecular complexity index is 521. The first-order chi connectivity index (χ1) is 9.81. The van der Waals surface area contributed by atoms with Crippen molar-refractivity contribution in [1.82, 2.24) is 9.97 Å². The van der Waals surface area contributed by atoms with Crippen molar-refractivity contribution in [2.24, 2.45) is 0 Å². The Morgan fingerprint density at radius 3 is 2.24 bits per heavy atom. The molecule has 0 saturated carbocycles. The molecule has 1 atom stereocenters. The molecular formula is C13H26N3O3PS. The van der Waals surface area contributed by atoms with Crippen LogP contribution in [0, 0.1) is 6.92 Å². The average molecular weight is 335 g/mol. The molecule has 8 heteroatoms. The lowest BCUT2D eigenvalue weighted by Crippen LogP contribution is -2.25. The quantitative estimate of drug-likeness (QED) is 0.654.